The number of carbonyl (C=O) groups excluding carboxylic acids is 4. The lowest BCUT2D eigenvalue weighted by Gasteiger charge is -2.24. The van der Waals surface area contributed by atoms with Gasteiger partial charge in [0.1, 0.15) is 17.6 Å². The van der Waals surface area contributed by atoms with Crippen LogP contribution in [0.5, 0.6) is 5.75 Å². The first-order chi connectivity index (χ1) is 21.4. The number of rotatable bonds is 19. The summed E-state index contributed by atoms with van der Waals surface area (Å²) >= 11 is 0. The van der Waals surface area contributed by atoms with Gasteiger partial charge in [-0.3, -0.25) is 29.2 Å². The Labute approximate surface area is 259 Å². The summed E-state index contributed by atoms with van der Waals surface area (Å²) in [5.74, 6) is -6.72. The minimum absolute atomic E-state index is 0.0357. The second-order valence-corrected chi connectivity index (χ2v) is 10.1. The number of carboxylic acid groups (broad SMARTS) is 2. The third-order valence-electron chi connectivity index (χ3n) is 6.92. The van der Waals surface area contributed by atoms with E-state index < -0.39 is 59.9 Å². The molecule has 3 atom stereocenters. The van der Waals surface area contributed by atoms with Crippen molar-refractivity contribution < 1.29 is 53.3 Å². The summed E-state index contributed by atoms with van der Waals surface area (Å²) in [5.41, 5.74) is 1.89. The van der Waals surface area contributed by atoms with Gasteiger partial charge in [-0.25, -0.2) is 10.3 Å². The van der Waals surface area contributed by atoms with E-state index in [1.165, 1.54) is 30.3 Å². The van der Waals surface area contributed by atoms with E-state index in [2.05, 4.69) is 16.0 Å². The highest BCUT2D eigenvalue weighted by molar-refractivity contribution is 5.99. The van der Waals surface area contributed by atoms with Crippen LogP contribution in [0.2, 0.25) is 0 Å². The first-order valence-electron chi connectivity index (χ1n) is 14.6. The van der Waals surface area contributed by atoms with Crippen molar-refractivity contribution in [2.75, 3.05) is 13.3 Å². The summed E-state index contributed by atoms with van der Waals surface area (Å²) in [4.78, 5) is 73.1. The second-order valence-electron chi connectivity index (χ2n) is 10.1. The summed E-state index contributed by atoms with van der Waals surface area (Å²) in [7, 11) is 0. The van der Waals surface area contributed by atoms with Gasteiger partial charge in [-0.1, -0.05) is 33.1 Å². The van der Waals surface area contributed by atoms with E-state index in [0.717, 1.165) is 12.8 Å². The first kappa shape index (κ1) is 36.3. The number of nitrogens with one attached hydrogen (secondary N) is 4. The number of furan rings is 1. The van der Waals surface area contributed by atoms with Gasteiger partial charge < -0.3 is 35.3 Å². The largest absolute Gasteiger partial charge is 0.494 e. The van der Waals surface area contributed by atoms with Gasteiger partial charge in [0.2, 0.25) is 11.8 Å². The van der Waals surface area contributed by atoms with Crippen LogP contribution in [0.1, 0.15) is 80.2 Å². The van der Waals surface area contributed by atoms with E-state index >= 15 is 0 Å². The summed E-state index contributed by atoms with van der Waals surface area (Å²) < 4.78 is 11.2. The maximum absolute atomic E-state index is 12.9. The van der Waals surface area contributed by atoms with Crippen LogP contribution < -0.4 is 26.2 Å². The summed E-state index contributed by atoms with van der Waals surface area (Å²) in [5, 5.41) is 34.6. The average Bonchev–Trinajstić information content (AvgIpc) is 3.50. The van der Waals surface area contributed by atoms with E-state index in [1.807, 2.05) is 6.92 Å². The highest BCUT2D eigenvalue weighted by Gasteiger charge is 2.32. The van der Waals surface area contributed by atoms with Crippen LogP contribution in [0.4, 0.5) is 0 Å². The number of aliphatic carboxylic acids is 2. The highest BCUT2D eigenvalue weighted by atomic mass is 16.5. The normalized spacial score (nSPS) is 12.7. The zero-order valence-corrected chi connectivity index (χ0v) is 25.4. The van der Waals surface area contributed by atoms with Gasteiger partial charge in [0, 0.05) is 17.0 Å². The van der Waals surface area contributed by atoms with Gasteiger partial charge in [0.05, 0.1) is 25.6 Å². The molecule has 0 saturated carbocycles. The molecule has 4 amide bonds. The number of carboxylic acids is 2. The predicted octanol–water partition coefficient (Wildman–Crippen LogP) is 2.53. The molecule has 15 heteroatoms. The van der Waals surface area contributed by atoms with Crippen molar-refractivity contribution in [2.45, 2.75) is 65.3 Å². The monoisotopic (exact) mass is 632 g/mol. The van der Waals surface area contributed by atoms with E-state index in [1.54, 1.807) is 19.3 Å². The number of hydrogen-bond donors (Lipinski definition) is 7. The Balaban J connectivity index is 2.16. The molecule has 0 unspecified atom stereocenters. The smallest absolute Gasteiger partial charge is 0.326 e. The maximum atomic E-state index is 12.9. The minimum Gasteiger partial charge on any atom is -0.494 e. The number of unbranched alkanes of at least 4 members (excludes halogenated alkanes) is 2. The molecule has 7 N–H and O–H groups in total. The number of amides is 4. The van der Waals surface area contributed by atoms with Crippen molar-refractivity contribution in [1.29, 1.82) is 0 Å². The molecule has 0 aliphatic carbocycles. The zero-order valence-electron chi connectivity index (χ0n) is 25.4. The van der Waals surface area contributed by atoms with Crippen LogP contribution in [0.15, 0.2) is 34.7 Å². The Morgan fingerprint density at radius 3 is 2.22 bits per heavy atom. The quantitative estimate of drug-likeness (QED) is 0.0514. The van der Waals surface area contributed by atoms with Gasteiger partial charge in [-0.15, -0.1) is 0 Å². The van der Waals surface area contributed by atoms with Crippen molar-refractivity contribution in [3.05, 3.63) is 41.7 Å². The fraction of sp³-hybridized carbons (Fsp3) is 0.467. The Hall–Kier alpha value is -4.92. The van der Waals surface area contributed by atoms with Crippen LogP contribution in [-0.4, -0.2) is 70.3 Å². The third kappa shape index (κ3) is 10.9. The van der Waals surface area contributed by atoms with Gasteiger partial charge >= 0.3 is 11.9 Å². The number of hydroxylamine groups is 1. The van der Waals surface area contributed by atoms with E-state index in [0.29, 0.717) is 24.8 Å². The molecule has 0 radical (unpaired) electrons. The molecule has 1 heterocycles. The molecule has 0 aliphatic heterocycles. The second kappa shape index (κ2) is 18.0. The van der Waals surface area contributed by atoms with Crippen molar-refractivity contribution in [1.82, 2.24) is 21.4 Å². The zero-order chi connectivity index (χ0) is 33.5. The van der Waals surface area contributed by atoms with Gasteiger partial charge in [-0.05, 0) is 50.1 Å². The molecule has 0 saturated heterocycles. The van der Waals surface area contributed by atoms with Crippen LogP contribution in [0, 0.1) is 11.8 Å². The lowest BCUT2D eigenvalue weighted by Crippen LogP contribution is -2.44. The molecular weight excluding hydrogens is 592 g/mol. The lowest BCUT2D eigenvalue weighted by atomic mass is 9.84. The minimum atomic E-state index is -1.67. The molecule has 15 nitrogen and oxygen atoms in total. The molecule has 45 heavy (non-hydrogen) atoms. The Morgan fingerprint density at radius 2 is 1.62 bits per heavy atom. The molecule has 246 valence electrons. The van der Waals surface area contributed by atoms with Crippen molar-refractivity contribution in [3.63, 3.8) is 0 Å². The highest BCUT2D eigenvalue weighted by Crippen LogP contribution is 2.28. The van der Waals surface area contributed by atoms with Gasteiger partial charge in [0.25, 0.3) is 11.8 Å². The number of carbonyl (C=O) groups is 6. The van der Waals surface area contributed by atoms with Crippen molar-refractivity contribution in [3.8, 4) is 17.1 Å². The molecule has 1 aromatic carbocycles. The van der Waals surface area contributed by atoms with Gasteiger partial charge in [0.15, 0.2) is 5.76 Å². The standard InChI is InChI=1S/C30H40N4O11/c1-4-7-8-9-21(20(5-2)28(39)34-43)27(38)31-16-32-29(40)24-11-10-23(45-24)17-12-18(14-19(13-17)44-6-3)26(37)33-22(30(41)42)15-25(35)36/h10-14,20-22,43H,4-9,15-16H2,1-3H3,(H,31,38)(H,32,40)(H,33,37)(H,34,39)(H,35,36)(H,41,42)/t20-,21-,22+/m1/s1. The molecular formula is C30H40N4O11. The van der Waals surface area contributed by atoms with E-state index in [4.69, 9.17) is 19.5 Å². The topological polar surface area (TPSA) is 234 Å². The Morgan fingerprint density at radius 1 is 0.889 bits per heavy atom. The van der Waals surface area contributed by atoms with Crippen LogP contribution in [-0.2, 0) is 19.2 Å². The number of ether oxygens (including phenoxy) is 1. The predicted molar refractivity (Wildman–Crippen MR) is 158 cm³/mol. The fourth-order valence-electron chi connectivity index (χ4n) is 4.65. The fourth-order valence-corrected chi connectivity index (χ4v) is 4.65. The molecule has 0 bridgehead atoms. The average molecular weight is 633 g/mol. The van der Waals surface area contributed by atoms with Gasteiger partial charge in [-0.2, -0.15) is 0 Å². The lowest BCUT2D eigenvalue weighted by molar-refractivity contribution is -0.145. The molecule has 0 spiro atoms. The summed E-state index contributed by atoms with van der Waals surface area (Å²) in [6.45, 7) is 5.44. The van der Waals surface area contributed by atoms with Crippen molar-refractivity contribution in [2.24, 2.45) is 11.8 Å². The summed E-state index contributed by atoms with van der Waals surface area (Å²) in [6, 6.07) is 5.43. The van der Waals surface area contributed by atoms with E-state index in [-0.39, 0.29) is 36.1 Å². The van der Waals surface area contributed by atoms with Crippen molar-refractivity contribution >= 4 is 35.6 Å². The molecule has 0 fully saturated rings. The summed E-state index contributed by atoms with van der Waals surface area (Å²) in [6.07, 6.45) is 2.42. The molecule has 1 aromatic heterocycles. The SMILES string of the molecule is CCCCC[C@@H](C(=O)NCNC(=O)c1ccc(-c2cc(OCC)cc(C(=O)N[C@@H](CC(=O)O)C(=O)O)c2)o1)[C@@H](CC)C(=O)NO. The maximum Gasteiger partial charge on any atom is 0.326 e. The van der Waals surface area contributed by atoms with Crippen LogP contribution >= 0.6 is 0 Å². The number of hydrogen-bond acceptors (Lipinski definition) is 9. The molecule has 2 aromatic rings. The Kier molecular flexibility index (Phi) is 14.5. The number of benzene rings is 1. The van der Waals surface area contributed by atoms with E-state index in [9.17, 15) is 33.9 Å². The first-order valence-corrected chi connectivity index (χ1v) is 14.6. The Bertz CT molecular complexity index is 1360. The van der Waals surface area contributed by atoms with Crippen LogP contribution in [0.25, 0.3) is 11.3 Å². The van der Waals surface area contributed by atoms with Crippen LogP contribution in [0.3, 0.4) is 0 Å². The molecule has 0 aliphatic rings. The molecule has 2 rings (SSSR count). The third-order valence-corrected chi connectivity index (χ3v) is 6.92.